The Hall–Kier alpha value is -1.13. The lowest BCUT2D eigenvalue weighted by atomic mass is 10.1. The molecule has 1 aliphatic heterocycles. The first-order chi connectivity index (χ1) is 10.2. The van der Waals surface area contributed by atoms with Crippen molar-refractivity contribution in [3.05, 3.63) is 29.6 Å². The molecule has 118 valence electrons. The van der Waals surface area contributed by atoms with Crippen LogP contribution in [0.2, 0.25) is 0 Å². The maximum absolute atomic E-state index is 14.0. The largest absolute Gasteiger partial charge is 0.489 e. The number of nitrogens with zero attached hydrogens (tertiary/aromatic N) is 1. The number of benzene rings is 1. The van der Waals surface area contributed by atoms with Gasteiger partial charge in [0, 0.05) is 12.6 Å². The van der Waals surface area contributed by atoms with Crippen molar-refractivity contribution >= 4 is 0 Å². The fourth-order valence-corrected chi connectivity index (χ4v) is 2.80. The molecule has 0 bridgehead atoms. The minimum atomic E-state index is -0.268. The van der Waals surface area contributed by atoms with E-state index in [1.165, 1.54) is 19.3 Å². The van der Waals surface area contributed by atoms with Gasteiger partial charge in [-0.2, -0.15) is 0 Å². The average molecular weight is 294 g/mol. The summed E-state index contributed by atoms with van der Waals surface area (Å²) >= 11 is 0. The Morgan fingerprint density at radius 3 is 2.71 bits per heavy atom. The molecule has 4 heteroatoms. The maximum Gasteiger partial charge on any atom is 0.165 e. The van der Waals surface area contributed by atoms with Crippen molar-refractivity contribution < 1.29 is 9.13 Å². The summed E-state index contributed by atoms with van der Waals surface area (Å²) in [5, 5.41) is 3.28. The second-order valence-corrected chi connectivity index (χ2v) is 5.72. The predicted molar refractivity (Wildman–Crippen MR) is 84.3 cm³/mol. The van der Waals surface area contributed by atoms with Crippen LogP contribution in [-0.2, 0) is 0 Å². The molecular weight excluding hydrogens is 267 g/mol. The van der Waals surface area contributed by atoms with E-state index < -0.39 is 0 Å². The molecule has 1 aliphatic rings. The molecule has 0 spiro atoms. The molecule has 2 rings (SSSR count). The van der Waals surface area contributed by atoms with Crippen LogP contribution in [0.4, 0.5) is 4.39 Å². The third kappa shape index (κ3) is 4.97. The van der Waals surface area contributed by atoms with Gasteiger partial charge < -0.3 is 10.1 Å². The van der Waals surface area contributed by atoms with Crippen molar-refractivity contribution in [1.82, 2.24) is 10.2 Å². The van der Waals surface area contributed by atoms with Crippen molar-refractivity contribution in [2.45, 2.75) is 39.2 Å². The summed E-state index contributed by atoms with van der Waals surface area (Å²) in [5.41, 5.74) is 0.956. The van der Waals surface area contributed by atoms with E-state index in [9.17, 15) is 4.39 Å². The van der Waals surface area contributed by atoms with E-state index in [2.05, 4.69) is 10.2 Å². The number of piperidine rings is 1. The van der Waals surface area contributed by atoms with Crippen molar-refractivity contribution in [3.63, 3.8) is 0 Å². The highest BCUT2D eigenvalue weighted by Crippen LogP contribution is 2.22. The standard InChI is InChI=1S/C17H27FN2O/c1-3-19-14(2)15-7-8-17(16(18)13-15)21-12-11-20-9-5-4-6-10-20/h7-8,13-14,19H,3-6,9-12H2,1-2H3. The lowest BCUT2D eigenvalue weighted by Gasteiger charge is -2.26. The average Bonchev–Trinajstić information content (AvgIpc) is 2.50. The first kappa shape index (κ1) is 16.2. The van der Waals surface area contributed by atoms with Crippen molar-refractivity contribution in [2.24, 2.45) is 0 Å². The molecule has 1 saturated heterocycles. The van der Waals surface area contributed by atoms with E-state index in [-0.39, 0.29) is 11.9 Å². The zero-order chi connectivity index (χ0) is 15.1. The molecule has 1 aromatic rings. The predicted octanol–water partition coefficient (Wildman–Crippen LogP) is 3.36. The molecule has 1 atom stereocenters. The molecule has 0 aliphatic carbocycles. The van der Waals surface area contributed by atoms with Gasteiger partial charge in [0.15, 0.2) is 11.6 Å². The van der Waals surface area contributed by atoms with Gasteiger partial charge in [-0.25, -0.2) is 4.39 Å². The van der Waals surface area contributed by atoms with E-state index >= 15 is 0 Å². The highest BCUT2D eigenvalue weighted by molar-refractivity contribution is 5.30. The van der Waals surface area contributed by atoms with Crippen LogP contribution >= 0.6 is 0 Å². The summed E-state index contributed by atoms with van der Waals surface area (Å²) in [6.45, 7) is 8.68. The summed E-state index contributed by atoms with van der Waals surface area (Å²) < 4.78 is 19.6. The number of nitrogens with one attached hydrogen (secondary N) is 1. The molecule has 0 amide bonds. The number of halogens is 1. The van der Waals surface area contributed by atoms with Gasteiger partial charge in [-0.1, -0.05) is 19.4 Å². The van der Waals surface area contributed by atoms with Gasteiger partial charge in [0.05, 0.1) is 0 Å². The van der Waals surface area contributed by atoms with E-state index in [0.717, 1.165) is 31.7 Å². The molecule has 21 heavy (non-hydrogen) atoms. The number of ether oxygens (including phenoxy) is 1. The molecule has 1 unspecified atom stereocenters. The maximum atomic E-state index is 14.0. The second kappa shape index (κ2) is 8.35. The van der Waals surface area contributed by atoms with Crippen molar-refractivity contribution in [2.75, 3.05) is 32.8 Å². The highest BCUT2D eigenvalue weighted by Gasteiger charge is 2.12. The van der Waals surface area contributed by atoms with Crippen LogP contribution in [0, 0.1) is 5.82 Å². The van der Waals surface area contributed by atoms with E-state index in [1.807, 2.05) is 19.9 Å². The zero-order valence-electron chi connectivity index (χ0n) is 13.2. The Morgan fingerprint density at radius 2 is 2.05 bits per heavy atom. The summed E-state index contributed by atoms with van der Waals surface area (Å²) in [6.07, 6.45) is 3.87. The van der Waals surface area contributed by atoms with Gasteiger partial charge in [0.25, 0.3) is 0 Å². The fraction of sp³-hybridized carbons (Fsp3) is 0.647. The highest BCUT2D eigenvalue weighted by atomic mass is 19.1. The van der Waals surface area contributed by atoms with E-state index in [4.69, 9.17) is 4.74 Å². The lowest BCUT2D eigenvalue weighted by molar-refractivity contribution is 0.180. The van der Waals surface area contributed by atoms with Crippen molar-refractivity contribution in [3.8, 4) is 5.75 Å². The van der Waals surface area contributed by atoms with Gasteiger partial charge in [0.1, 0.15) is 6.61 Å². The number of hydrogen-bond acceptors (Lipinski definition) is 3. The molecule has 1 fully saturated rings. The summed E-state index contributed by atoms with van der Waals surface area (Å²) in [7, 11) is 0. The van der Waals surface area contributed by atoms with Crippen LogP contribution in [-0.4, -0.2) is 37.7 Å². The zero-order valence-corrected chi connectivity index (χ0v) is 13.2. The lowest BCUT2D eigenvalue weighted by Crippen LogP contribution is -2.33. The van der Waals surface area contributed by atoms with Gasteiger partial charge in [-0.05, 0) is 57.1 Å². The van der Waals surface area contributed by atoms with Crippen LogP contribution in [0.1, 0.15) is 44.7 Å². The molecule has 1 N–H and O–H groups in total. The topological polar surface area (TPSA) is 24.5 Å². The monoisotopic (exact) mass is 294 g/mol. The molecule has 0 saturated carbocycles. The third-order valence-corrected chi connectivity index (χ3v) is 4.08. The Kier molecular flexibility index (Phi) is 6.46. The molecular formula is C17H27FN2O. The summed E-state index contributed by atoms with van der Waals surface area (Å²) in [6, 6.07) is 5.41. The Bertz CT molecular complexity index is 433. The first-order valence-electron chi connectivity index (χ1n) is 8.08. The minimum Gasteiger partial charge on any atom is -0.489 e. The quantitative estimate of drug-likeness (QED) is 0.834. The smallest absolute Gasteiger partial charge is 0.165 e. The Balaban J connectivity index is 1.82. The van der Waals surface area contributed by atoms with E-state index in [1.54, 1.807) is 12.1 Å². The van der Waals surface area contributed by atoms with Gasteiger partial charge in [-0.3, -0.25) is 4.90 Å². The summed E-state index contributed by atoms with van der Waals surface area (Å²) in [4.78, 5) is 2.39. The number of rotatable bonds is 7. The minimum absolute atomic E-state index is 0.159. The third-order valence-electron chi connectivity index (χ3n) is 4.08. The normalized spacial score (nSPS) is 17.7. The number of hydrogen-bond donors (Lipinski definition) is 1. The second-order valence-electron chi connectivity index (χ2n) is 5.72. The van der Waals surface area contributed by atoms with Gasteiger partial charge >= 0.3 is 0 Å². The Labute approximate surface area is 127 Å². The first-order valence-corrected chi connectivity index (χ1v) is 8.08. The molecule has 1 heterocycles. The number of likely N-dealkylation sites (tertiary alicyclic amines) is 1. The van der Waals surface area contributed by atoms with Crippen LogP contribution in [0.5, 0.6) is 5.75 Å². The van der Waals surface area contributed by atoms with E-state index in [0.29, 0.717) is 12.4 Å². The summed E-state index contributed by atoms with van der Waals surface area (Å²) in [5.74, 6) is 0.0929. The Morgan fingerprint density at radius 1 is 1.29 bits per heavy atom. The van der Waals surface area contributed by atoms with Crippen molar-refractivity contribution in [1.29, 1.82) is 0 Å². The molecule has 0 aromatic heterocycles. The molecule has 3 nitrogen and oxygen atoms in total. The van der Waals surface area contributed by atoms with Crippen LogP contribution in [0.15, 0.2) is 18.2 Å². The molecule has 1 aromatic carbocycles. The fourth-order valence-electron chi connectivity index (χ4n) is 2.80. The van der Waals surface area contributed by atoms with Gasteiger partial charge in [0.2, 0.25) is 0 Å². The SMILES string of the molecule is CCNC(C)c1ccc(OCCN2CCCCC2)c(F)c1. The molecule has 0 radical (unpaired) electrons. The van der Waals surface area contributed by atoms with Crippen LogP contribution in [0.25, 0.3) is 0 Å². The van der Waals surface area contributed by atoms with Crippen LogP contribution in [0.3, 0.4) is 0 Å². The van der Waals surface area contributed by atoms with Crippen LogP contribution < -0.4 is 10.1 Å². The van der Waals surface area contributed by atoms with Gasteiger partial charge in [-0.15, -0.1) is 0 Å².